The lowest BCUT2D eigenvalue weighted by atomic mass is 10.0. The van der Waals surface area contributed by atoms with Crippen LogP contribution in [0.4, 0.5) is 0 Å². The fourth-order valence-corrected chi connectivity index (χ4v) is 2.17. The van der Waals surface area contributed by atoms with Crippen LogP contribution in [0.25, 0.3) is 0 Å². The zero-order valence-corrected chi connectivity index (χ0v) is 13.6. The van der Waals surface area contributed by atoms with Crippen LogP contribution in [0, 0.1) is 0 Å². The predicted molar refractivity (Wildman–Crippen MR) is 95.1 cm³/mol. The van der Waals surface area contributed by atoms with Gasteiger partial charge in [0.15, 0.2) is 0 Å². The second-order valence-corrected chi connectivity index (χ2v) is 5.15. The van der Waals surface area contributed by atoms with Gasteiger partial charge in [0.1, 0.15) is 5.75 Å². The first-order valence-corrected chi connectivity index (χ1v) is 7.65. The highest BCUT2D eigenvalue weighted by atomic mass is 16.5. The summed E-state index contributed by atoms with van der Waals surface area (Å²) in [5.41, 5.74) is 2.78. The Kier molecular flexibility index (Phi) is 6.59. The molecule has 0 aromatic heterocycles. The molecule has 0 heterocycles. The molecular weight excluding hydrogens is 300 g/mol. The van der Waals surface area contributed by atoms with Crippen LogP contribution in [0.5, 0.6) is 5.75 Å². The van der Waals surface area contributed by atoms with E-state index in [1.807, 2.05) is 42.5 Å². The lowest BCUT2D eigenvalue weighted by Crippen LogP contribution is -1.99. The number of benzene rings is 3. The summed E-state index contributed by atoms with van der Waals surface area (Å²) in [5, 5.41) is 9.57. The van der Waals surface area contributed by atoms with Gasteiger partial charge in [0, 0.05) is 6.42 Å². The minimum Gasteiger partial charge on any atom is -0.508 e. The van der Waals surface area contributed by atoms with Gasteiger partial charge in [-0.2, -0.15) is 0 Å². The second kappa shape index (κ2) is 9.16. The number of methoxy groups -OCH3 is 1. The Hall–Kier alpha value is -3.07. The Morgan fingerprint density at radius 1 is 0.833 bits per heavy atom. The quantitative estimate of drug-likeness (QED) is 0.725. The average molecular weight is 320 g/mol. The zero-order chi connectivity index (χ0) is 17.2. The van der Waals surface area contributed by atoms with E-state index >= 15 is 0 Å². The summed E-state index contributed by atoms with van der Waals surface area (Å²) in [5.74, 6) is 0.0805. The fraction of sp³-hybridized carbons (Fsp3) is 0.0952. The molecule has 0 radical (unpaired) electrons. The number of hydrogen-bond donors (Lipinski definition) is 1. The molecule has 3 rings (SSSR count). The summed E-state index contributed by atoms with van der Waals surface area (Å²) >= 11 is 0. The van der Waals surface area contributed by atoms with Gasteiger partial charge in [0.2, 0.25) is 0 Å². The number of hydrogen-bond acceptors (Lipinski definition) is 3. The molecule has 0 bridgehead atoms. The van der Waals surface area contributed by atoms with Gasteiger partial charge in [0.25, 0.3) is 0 Å². The molecular formula is C21H20O3. The SMILES string of the molecule is COC(=O)c1ccccc1.Oc1ccccc1Cc1ccccc1. The molecule has 0 saturated heterocycles. The molecule has 0 atom stereocenters. The van der Waals surface area contributed by atoms with Gasteiger partial charge < -0.3 is 9.84 Å². The van der Waals surface area contributed by atoms with Crippen molar-refractivity contribution in [3.05, 3.63) is 102 Å². The van der Waals surface area contributed by atoms with Crippen LogP contribution in [0.15, 0.2) is 84.9 Å². The topological polar surface area (TPSA) is 46.5 Å². The normalized spacial score (nSPS) is 9.54. The maximum Gasteiger partial charge on any atom is 0.337 e. The summed E-state index contributed by atoms with van der Waals surface area (Å²) in [4.78, 5) is 10.8. The molecule has 1 N–H and O–H groups in total. The fourth-order valence-electron chi connectivity index (χ4n) is 2.17. The number of carbonyl (C=O) groups is 1. The number of phenols is 1. The first-order valence-electron chi connectivity index (χ1n) is 7.65. The van der Waals surface area contributed by atoms with Crippen LogP contribution in [0.3, 0.4) is 0 Å². The molecule has 0 amide bonds. The van der Waals surface area contributed by atoms with Crippen LogP contribution in [-0.4, -0.2) is 18.2 Å². The van der Waals surface area contributed by atoms with E-state index in [1.54, 1.807) is 30.3 Å². The van der Waals surface area contributed by atoms with Crippen molar-refractivity contribution in [1.29, 1.82) is 0 Å². The van der Waals surface area contributed by atoms with Crippen molar-refractivity contribution in [3.8, 4) is 5.75 Å². The average Bonchev–Trinajstić information content (AvgIpc) is 2.65. The predicted octanol–water partition coefficient (Wildman–Crippen LogP) is 4.46. The molecule has 24 heavy (non-hydrogen) atoms. The van der Waals surface area contributed by atoms with Crippen molar-refractivity contribution in [3.63, 3.8) is 0 Å². The highest BCUT2D eigenvalue weighted by molar-refractivity contribution is 5.89. The molecule has 3 heteroatoms. The van der Waals surface area contributed by atoms with Crippen LogP contribution in [0.2, 0.25) is 0 Å². The van der Waals surface area contributed by atoms with Gasteiger partial charge >= 0.3 is 5.97 Å². The zero-order valence-electron chi connectivity index (χ0n) is 13.6. The third kappa shape index (κ3) is 5.29. The Balaban J connectivity index is 0.000000185. The van der Waals surface area contributed by atoms with E-state index in [9.17, 15) is 9.90 Å². The van der Waals surface area contributed by atoms with Crippen LogP contribution >= 0.6 is 0 Å². The number of aromatic hydroxyl groups is 1. The van der Waals surface area contributed by atoms with Gasteiger partial charge in [-0.3, -0.25) is 0 Å². The first-order chi connectivity index (χ1) is 11.7. The van der Waals surface area contributed by atoms with E-state index in [-0.39, 0.29) is 5.97 Å². The molecule has 3 aromatic carbocycles. The molecule has 122 valence electrons. The Labute approximate surface area is 142 Å². The lowest BCUT2D eigenvalue weighted by molar-refractivity contribution is 0.0600. The number of carbonyl (C=O) groups excluding carboxylic acids is 1. The van der Waals surface area contributed by atoms with E-state index in [2.05, 4.69) is 16.9 Å². The second-order valence-electron chi connectivity index (χ2n) is 5.15. The summed E-state index contributed by atoms with van der Waals surface area (Å²) in [7, 11) is 1.37. The van der Waals surface area contributed by atoms with E-state index in [1.165, 1.54) is 12.7 Å². The standard InChI is InChI=1S/C13H12O.C8H8O2/c14-13-9-5-4-8-12(13)10-11-6-2-1-3-7-11;1-10-8(9)7-5-3-2-4-6-7/h1-9,14H,10H2;2-6H,1H3. The minimum atomic E-state index is -0.291. The van der Waals surface area contributed by atoms with Gasteiger partial charge in [0.05, 0.1) is 12.7 Å². The van der Waals surface area contributed by atoms with E-state index in [4.69, 9.17) is 0 Å². The van der Waals surface area contributed by atoms with Crippen molar-refractivity contribution >= 4 is 5.97 Å². The Morgan fingerprint density at radius 2 is 1.38 bits per heavy atom. The molecule has 3 aromatic rings. The highest BCUT2D eigenvalue weighted by Crippen LogP contribution is 2.19. The van der Waals surface area contributed by atoms with Gasteiger partial charge in [-0.15, -0.1) is 0 Å². The first kappa shape index (κ1) is 17.3. The largest absolute Gasteiger partial charge is 0.508 e. The van der Waals surface area contributed by atoms with Crippen molar-refractivity contribution in [2.45, 2.75) is 6.42 Å². The van der Waals surface area contributed by atoms with Gasteiger partial charge in [-0.1, -0.05) is 66.7 Å². The Bertz CT molecular complexity index is 752. The van der Waals surface area contributed by atoms with E-state index in [0.29, 0.717) is 11.3 Å². The Morgan fingerprint density at radius 3 is 1.96 bits per heavy atom. The van der Waals surface area contributed by atoms with E-state index in [0.717, 1.165) is 12.0 Å². The minimum absolute atomic E-state index is 0.291. The molecule has 0 fully saturated rings. The van der Waals surface area contributed by atoms with Crippen molar-refractivity contribution < 1.29 is 14.6 Å². The number of esters is 1. The highest BCUT2D eigenvalue weighted by Gasteiger charge is 2.01. The number of phenolic OH excluding ortho intramolecular Hbond substituents is 1. The maximum atomic E-state index is 10.8. The molecule has 0 aliphatic carbocycles. The van der Waals surface area contributed by atoms with E-state index < -0.39 is 0 Å². The third-order valence-electron chi connectivity index (χ3n) is 3.42. The van der Waals surface area contributed by atoms with Crippen molar-refractivity contribution in [2.75, 3.05) is 7.11 Å². The molecule has 0 spiro atoms. The number of ether oxygens (including phenoxy) is 1. The molecule has 3 nitrogen and oxygen atoms in total. The summed E-state index contributed by atoms with van der Waals surface area (Å²) in [6.07, 6.45) is 0.785. The smallest absolute Gasteiger partial charge is 0.337 e. The molecule has 0 aliphatic rings. The van der Waals surface area contributed by atoms with Crippen LogP contribution in [-0.2, 0) is 11.2 Å². The summed E-state index contributed by atoms with van der Waals surface area (Å²) < 4.78 is 4.50. The van der Waals surface area contributed by atoms with Crippen LogP contribution < -0.4 is 0 Å². The molecule has 0 aliphatic heterocycles. The van der Waals surface area contributed by atoms with Crippen molar-refractivity contribution in [2.24, 2.45) is 0 Å². The van der Waals surface area contributed by atoms with Crippen molar-refractivity contribution in [1.82, 2.24) is 0 Å². The van der Waals surface area contributed by atoms with Crippen LogP contribution in [0.1, 0.15) is 21.5 Å². The molecule has 0 unspecified atom stereocenters. The summed E-state index contributed by atoms with van der Waals surface area (Å²) in [6.45, 7) is 0. The van der Waals surface area contributed by atoms with Gasteiger partial charge in [-0.05, 0) is 29.3 Å². The van der Waals surface area contributed by atoms with Gasteiger partial charge in [-0.25, -0.2) is 4.79 Å². The number of para-hydroxylation sites is 1. The summed E-state index contributed by atoms with van der Waals surface area (Å²) in [6, 6.07) is 26.5. The third-order valence-corrected chi connectivity index (χ3v) is 3.42. The lowest BCUT2D eigenvalue weighted by Gasteiger charge is -2.03. The molecule has 0 saturated carbocycles. The number of rotatable bonds is 3. The monoisotopic (exact) mass is 320 g/mol. The maximum absolute atomic E-state index is 10.8.